The van der Waals surface area contributed by atoms with Crippen LogP contribution < -0.4 is 0 Å². The number of aromatic nitrogens is 1. The quantitative estimate of drug-likeness (QED) is 0.605. The topological polar surface area (TPSA) is 36.4 Å². The second kappa shape index (κ2) is 8.53. The van der Waals surface area contributed by atoms with E-state index in [-0.39, 0.29) is 5.25 Å². The summed E-state index contributed by atoms with van der Waals surface area (Å²) in [7, 11) is 0. The lowest BCUT2D eigenvalue weighted by atomic mass is 10.1. The second-order valence-corrected chi connectivity index (χ2v) is 10.1. The van der Waals surface area contributed by atoms with Gasteiger partial charge in [-0.2, -0.15) is 0 Å². The Kier molecular flexibility index (Phi) is 5.63. The summed E-state index contributed by atoms with van der Waals surface area (Å²) >= 11 is 3.45. The molecule has 3 heterocycles. The normalized spacial score (nSPS) is 19.1. The van der Waals surface area contributed by atoms with Crippen LogP contribution in [-0.2, 0) is 17.8 Å². The van der Waals surface area contributed by atoms with Crippen molar-refractivity contribution in [1.29, 1.82) is 0 Å². The molecule has 1 amide bonds. The first-order chi connectivity index (χ1) is 14.7. The molecule has 3 aromatic rings. The highest BCUT2D eigenvalue weighted by molar-refractivity contribution is 8.01. The number of aryl methyl sites for hydroxylation is 1. The Morgan fingerprint density at radius 3 is 2.70 bits per heavy atom. The van der Waals surface area contributed by atoms with Crippen LogP contribution in [-0.4, -0.2) is 52.1 Å². The van der Waals surface area contributed by atoms with Crippen LogP contribution in [0.1, 0.15) is 16.8 Å². The van der Waals surface area contributed by atoms with Gasteiger partial charge in [0.2, 0.25) is 5.91 Å². The first-order valence-electron chi connectivity index (χ1n) is 10.4. The Morgan fingerprint density at radius 2 is 1.90 bits per heavy atom. The zero-order valence-electron chi connectivity index (χ0n) is 17.1. The Labute approximate surface area is 185 Å². The number of fused-ring (bicyclic) bond motifs is 1. The number of hydrogen-bond donors (Lipinski definition) is 0. The maximum absolute atomic E-state index is 13.1. The number of piperazine rings is 1. The Morgan fingerprint density at radius 1 is 1.10 bits per heavy atom. The number of hydrogen-bond acceptors (Lipinski definition) is 5. The maximum Gasteiger partial charge on any atom is 0.236 e. The van der Waals surface area contributed by atoms with Crippen molar-refractivity contribution in [3.05, 3.63) is 70.7 Å². The van der Waals surface area contributed by atoms with Crippen molar-refractivity contribution >= 4 is 29.0 Å². The van der Waals surface area contributed by atoms with Crippen LogP contribution in [0.2, 0.25) is 0 Å². The maximum atomic E-state index is 13.1. The van der Waals surface area contributed by atoms with Crippen LogP contribution in [0.25, 0.3) is 10.6 Å². The summed E-state index contributed by atoms with van der Waals surface area (Å²) in [5.74, 6) is 0.300. The summed E-state index contributed by atoms with van der Waals surface area (Å²) in [4.78, 5) is 23.6. The molecule has 2 aromatic carbocycles. The fourth-order valence-electron chi connectivity index (χ4n) is 4.12. The van der Waals surface area contributed by atoms with Crippen molar-refractivity contribution in [1.82, 2.24) is 14.8 Å². The lowest BCUT2D eigenvalue weighted by molar-refractivity contribution is -0.132. The Bertz CT molecular complexity index is 1040. The monoisotopic (exact) mass is 435 g/mol. The van der Waals surface area contributed by atoms with Crippen molar-refractivity contribution in [2.75, 3.05) is 26.2 Å². The van der Waals surface area contributed by atoms with Crippen LogP contribution in [0.3, 0.4) is 0 Å². The first-order valence-corrected chi connectivity index (χ1v) is 12.2. The van der Waals surface area contributed by atoms with E-state index in [1.54, 1.807) is 23.1 Å². The second-order valence-electron chi connectivity index (χ2n) is 8.03. The van der Waals surface area contributed by atoms with E-state index in [9.17, 15) is 4.79 Å². The van der Waals surface area contributed by atoms with Gasteiger partial charge in [0.05, 0.1) is 10.9 Å². The van der Waals surface area contributed by atoms with E-state index in [4.69, 9.17) is 4.98 Å². The Hall–Kier alpha value is -2.15. The minimum atomic E-state index is 0.0420. The summed E-state index contributed by atoms with van der Waals surface area (Å²) in [6, 6.07) is 16.9. The third-order valence-electron chi connectivity index (χ3n) is 5.81. The van der Waals surface area contributed by atoms with Crippen LogP contribution in [0.15, 0.2) is 58.8 Å². The molecule has 0 radical (unpaired) electrons. The largest absolute Gasteiger partial charge is 0.339 e. The van der Waals surface area contributed by atoms with E-state index in [1.165, 1.54) is 21.6 Å². The van der Waals surface area contributed by atoms with Gasteiger partial charge in [-0.3, -0.25) is 9.69 Å². The van der Waals surface area contributed by atoms with Crippen LogP contribution >= 0.6 is 23.1 Å². The molecule has 2 aliphatic heterocycles. The standard InChI is InChI=1S/C24H25N3OS2/c1-17-7-8-19-14-22(30-21(19)13-17)24(28)27-11-9-26(10-12-27)15-20-16-29-23(25-20)18-5-3-2-4-6-18/h2-8,13,16,22H,9-12,14-15H2,1H3. The number of thioether (sulfide) groups is 1. The van der Waals surface area contributed by atoms with Gasteiger partial charge < -0.3 is 4.90 Å². The fraction of sp³-hybridized carbons (Fsp3) is 0.333. The van der Waals surface area contributed by atoms with Crippen molar-refractivity contribution in [2.24, 2.45) is 0 Å². The van der Waals surface area contributed by atoms with Gasteiger partial charge in [-0.05, 0) is 25.0 Å². The van der Waals surface area contributed by atoms with Gasteiger partial charge in [0.25, 0.3) is 0 Å². The number of benzene rings is 2. The van der Waals surface area contributed by atoms with Gasteiger partial charge in [-0.25, -0.2) is 4.98 Å². The third-order valence-corrected chi connectivity index (χ3v) is 8.04. The average molecular weight is 436 g/mol. The van der Waals surface area contributed by atoms with Crippen LogP contribution in [0.5, 0.6) is 0 Å². The van der Waals surface area contributed by atoms with E-state index in [1.807, 2.05) is 6.07 Å². The summed E-state index contributed by atoms with van der Waals surface area (Å²) < 4.78 is 0. The van der Waals surface area contributed by atoms with E-state index in [0.717, 1.165) is 49.8 Å². The van der Waals surface area contributed by atoms with E-state index < -0.39 is 0 Å². The van der Waals surface area contributed by atoms with Gasteiger partial charge in [0.15, 0.2) is 0 Å². The average Bonchev–Trinajstić information content (AvgIpc) is 3.41. The minimum Gasteiger partial charge on any atom is -0.339 e. The number of amides is 1. The highest BCUT2D eigenvalue weighted by Gasteiger charge is 2.33. The Balaban J connectivity index is 1.14. The molecule has 1 fully saturated rings. The molecule has 6 heteroatoms. The van der Waals surface area contributed by atoms with Crippen molar-refractivity contribution in [3.63, 3.8) is 0 Å². The van der Waals surface area contributed by atoms with Gasteiger partial charge in [0.1, 0.15) is 5.01 Å². The predicted molar refractivity (Wildman–Crippen MR) is 124 cm³/mol. The van der Waals surface area contributed by atoms with Gasteiger partial charge in [0, 0.05) is 48.6 Å². The number of thiazole rings is 1. The minimum absolute atomic E-state index is 0.0420. The van der Waals surface area contributed by atoms with Gasteiger partial charge in [-0.1, -0.05) is 48.0 Å². The molecule has 2 aliphatic rings. The molecule has 0 N–H and O–H groups in total. The number of carbonyl (C=O) groups is 1. The lowest BCUT2D eigenvalue weighted by Gasteiger charge is -2.35. The molecule has 0 bridgehead atoms. The molecule has 1 aromatic heterocycles. The van der Waals surface area contributed by atoms with E-state index >= 15 is 0 Å². The molecule has 0 spiro atoms. The zero-order chi connectivity index (χ0) is 20.5. The summed E-state index contributed by atoms with van der Waals surface area (Å²) in [6.45, 7) is 6.40. The molecular formula is C24H25N3OS2. The number of nitrogens with zero attached hydrogens (tertiary/aromatic N) is 3. The molecule has 5 rings (SSSR count). The molecule has 0 aliphatic carbocycles. The number of rotatable bonds is 4. The molecule has 1 unspecified atom stereocenters. The molecule has 4 nitrogen and oxygen atoms in total. The summed E-state index contributed by atoms with van der Waals surface area (Å²) in [5, 5.41) is 3.28. The van der Waals surface area contributed by atoms with Crippen molar-refractivity contribution in [3.8, 4) is 10.6 Å². The highest BCUT2D eigenvalue weighted by Crippen LogP contribution is 2.38. The lowest BCUT2D eigenvalue weighted by Crippen LogP contribution is -2.50. The first kappa shape index (κ1) is 19.8. The molecule has 0 saturated carbocycles. The molecule has 1 saturated heterocycles. The SMILES string of the molecule is Cc1ccc2c(c1)SC(C(=O)N1CCN(Cc3csc(-c4ccccc4)n3)CC1)C2. The molecule has 1 atom stereocenters. The third kappa shape index (κ3) is 4.17. The molecule has 30 heavy (non-hydrogen) atoms. The van der Waals surface area contributed by atoms with Crippen molar-refractivity contribution < 1.29 is 4.79 Å². The van der Waals surface area contributed by atoms with Gasteiger partial charge in [-0.15, -0.1) is 23.1 Å². The zero-order valence-corrected chi connectivity index (χ0v) is 18.7. The van der Waals surface area contributed by atoms with Crippen LogP contribution in [0.4, 0.5) is 0 Å². The summed E-state index contributed by atoms with van der Waals surface area (Å²) in [6.07, 6.45) is 0.862. The molecule has 154 valence electrons. The number of carbonyl (C=O) groups excluding carboxylic acids is 1. The smallest absolute Gasteiger partial charge is 0.236 e. The summed E-state index contributed by atoms with van der Waals surface area (Å²) in [5.41, 5.74) is 4.88. The van der Waals surface area contributed by atoms with Crippen LogP contribution in [0, 0.1) is 6.92 Å². The predicted octanol–water partition coefficient (Wildman–Crippen LogP) is 4.48. The van der Waals surface area contributed by atoms with Gasteiger partial charge >= 0.3 is 0 Å². The highest BCUT2D eigenvalue weighted by atomic mass is 32.2. The van der Waals surface area contributed by atoms with Crippen molar-refractivity contribution in [2.45, 2.75) is 30.0 Å². The van der Waals surface area contributed by atoms with E-state index in [0.29, 0.717) is 5.91 Å². The van der Waals surface area contributed by atoms with E-state index in [2.05, 4.69) is 64.6 Å². The fourth-order valence-corrected chi connectivity index (χ4v) is 6.32. The molecular weight excluding hydrogens is 410 g/mol.